The van der Waals surface area contributed by atoms with Gasteiger partial charge < -0.3 is 5.11 Å². The molecule has 6 heteroatoms. The number of hydrogen-bond acceptors (Lipinski definition) is 4. The van der Waals surface area contributed by atoms with Gasteiger partial charge in [-0.25, -0.2) is 9.18 Å². The molecule has 3 aromatic rings. The SMILES string of the molecule is O=C(O)c1cc(Sc2nncc3ccccc23)ccc1F. The van der Waals surface area contributed by atoms with Gasteiger partial charge in [-0.1, -0.05) is 36.0 Å². The number of rotatable bonds is 3. The average Bonchev–Trinajstić information content (AvgIpc) is 2.49. The van der Waals surface area contributed by atoms with Crippen LogP contribution in [0.2, 0.25) is 0 Å². The van der Waals surface area contributed by atoms with Crippen LogP contribution in [0.25, 0.3) is 10.8 Å². The van der Waals surface area contributed by atoms with Gasteiger partial charge in [0.15, 0.2) is 0 Å². The lowest BCUT2D eigenvalue weighted by Crippen LogP contribution is -2.00. The number of benzene rings is 2. The van der Waals surface area contributed by atoms with Crippen molar-refractivity contribution in [3.63, 3.8) is 0 Å². The van der Waals surface area contributed by atoms with E-state index < -0.39 is 11.8 Å². The Morgan fingerprint density at radius 1 is 1.19 bits per heavy atom. The first-order chi connectivity index (χ1) is 10.1. The average molecular weight is 300 g/mol. The largest absolute Gasteiger partial charge is 0.478 e. The normalized spacial score (nSPS) is 10.7. The standard InChI is InChI=1S/C15H9FN2O2S/c16-13-6-5-10(7-12(13)15(19)20)21-14-11-4-2-1-3-9(11)8-17-18-14/h1-8H,(H,19,20). The lowest BCUT2D eigenvalue weighted by atomic mass is 10.2. The maximum Gasteiger partial charge on any atom is 0.338 e. The predicted molar refractivity (Wildman–Crippen MR) is 77.0 cm³/mol. The van der Waals surface area contributed by atoms with E-state index in [1.165, 1.54) is 23.9 Å². The molecular formula is C15H9FN2O2S. The summed E-state index contributed by atoms with van der Waals surface area (Å²) in [6.45, 7) is 0. The molecule has 104 valence electrons. The molecule has 0 radical (unpaired) electrons. The van der Waals surface area contributed by atoms with Gasteiger partial charge in [-0.15, -0.1) is 5.10 Å². The van der Waals surface area contributed by atoms with E-state index in [2.05, 4.69) is 10.2 Å². The number of aromatic nitrogens is 2. The van der Waals surface area contributed by atoms with E-state index in [0.717, 1.165) is 16.8 Å². The van der Waals surface area contributed by atoms with Gasteiger partial charge in [-0.3, -0.25) is 0 Å². The summed E-state index contributed by atoms with van der Waals surface area (Å²) in [5.74, 6) is -2.05. The third-order valence-electron chi connectivity index (χ3n) is 2.92. The summed E-state index contributed by atoms with van der Waals surface area (Å²) in [7, 11) is 0. The second-order valence-corrected chi connectivity index (χ2v) is 5.35. The van der Waals surface area contributed by atoms with E-state index >= 15 is 0 Å². The molecule has 1 N–H and O–H groups in total. The number of fused-ring (bicyclic) bond motifs is 1. The minimum Gasteiger partial charge on any atom is -0.478 e. The minimum absolute atomic E-state index is 0.354. The van der Waals surface area contributed by atoms with Crippen molar-refractivity contribution in [2.45, 2.75) is 9.92 Å². The van der Waals surface area contributed by atoms with Gasteiger partial charge in [0.2, 0.25) is 0 Å². The fourth-order valence-electron chi connectivity index (χ4n) is 1.92. The second kappa shape index (κ2) is 5.49. The summed E-state index contributed by atoms with van der Waals surface area (Å²) < 4.78 is 13.4. The summed E-state index contributed by atoms with van der Waals surface area (Å²) in [4.78, 5) is 11.6. The van der Waals surface area contributed by atoms with E-state index in [1.807, 2.05) is 24.3 Å². The Kier molecular flexibility index (Phi) is 3.53. The van der Waals surface area contributed by atoms with Gasteiger partial charge in [-0.05, 0) is 18.2 Å². The van der Waals surface area contributed by atoms with Crippen LogP contribution in [-0.2, 0) is 0 Å². The van der Waals surface area contributed by atoms with Crippen LogP contribution in [0.4, 0.5) is 4.39 Å². The fourth-order valence-corrected chi connectivity index (χ4v) is 2.84. The molecule has 0 unspecified atom stereocenters. The van der Waals surface area contributed by atoms with Crippen molar-refractivity contribution in [3.05, 3.63) is 60.0 Å². The van der Waals surface area contributed by atoms with E-state index in [9.17, 15) is 9.18 Å². The fraction of sp³-hybridized carbons (Fsp3) is 0. The van der Waals surface area contributed by atoms with Gasteiger partial charge in [0.25, 0.3) is 0 Å². The van der Waals surface area contributed by atoms with Gasteiger partial charge >= 0.3 is 5.97 Å². The maximum absolute atomic E-state index is 13.4. The molecule has 0 amide bonds. The molecule has 0 saturated heterocycles. The zero-order valence-electron chi connectivity index (χ0n) is 10.7. The van der Waals surface area contributed by atoms with E-state index in [-0.39, 0.29) is 5.56 Å². The highest BCUT2D eigenvalue weighted by molar-refractivity contribution is 7.99. The van der Waals surface area contributed by atoms with Gasteiger partial charge in [-0.2, -0.15) is 5.10 Å². The van der Waals surface area contributed by atoms with E-state index in [1.54, 1.807) is 6.20 Å². The van der Waals surface area contributed by atoms with E-state index in [0.29, 0.717) is 9.92 Å². The second-order valence-electron chi connectivity index (χ2n) is 4.29. The molecule has 2 aromatic carbocycles. The number of carboxylic acid groups (broad SMARTS) is 1. The molecule has 0 saturated carbocycles. The number of carboxylic acids is 1. The van der Waals surface area contributed by atoms with Crippen molar-refractivity contribution in [1.29, 1.82) is 0 Å². The first kappa shape index (κ1) is 13.5. The number of hydrogen-bond donors (Lipinski definition) is 1. The first-order valence-corrected chi connectivity index (χ1v) is 6.88. The van der Waals surface area contributed by atoms with Crippen LogP contribution in [0.3, 0.4) is 0 Å². The Labute approximate surface area is 123 Å². The quantitative estimate of drug-likeness (QED) is 0.800. The molecule has 3 rings (SSSR count). The Hall–Kier alpha value is -2.47. The highest BCUT2D eigenvalue weighted by atomic mass is 32.2. The molecule has 1 heterocycles. The number of nitrogens with zero attached hydrogens (tertiary/aromatic N) is 2. The molecule has 0 atom stereocenters. The Balaban J connectivity index is 2.03. The van der Waals surface area contributed by atoms with Gasteiger partial charge in [0.1, 0.15) is 10.8 Å². The highest BCUT2D eigenvalue weighted by Crippen LogP contribution is 2.31. The molecule has 0 aliphatic rings. The zero-order valence-corrected chi connectivity index (χ0v) is 11.5. The van der Waals surface area contributed by atoms with Crippen LogP contribution in [0.5, 0.6) is 0 Å². The molecule has 0 aliphatic heterocycles. The molecule has 21 heavy (non-hydrogen) atoms. The highest BCUT2D eigenvalue weighted by Gasteiger charge is 2.12. The van der Waals surface area contributed by atoms with Crippen LogP contribution >= 0.6 is 11.8 Å². The summed E-state index contributed by atoms with van der Waals surface area (Å²) >= 11 is 1.25. The van der Waals surface area contributed by atoms with Gasteiger partial charge in [0, 0.05) is 15.7 Å². The van der Waals surface area contributed by atoms with Crippen LogP contribution in [0.1, 0.15) is 10.4 Å². The van der Waals surface area contributed by atoms with Crippen molar-refractivity contribution >= 4 is 28.5 Å². The van der Waals surface area contributed by atoms with Crippen LogP contribution < -0.4 is 0 Å². The molecule has 0 fully saturated rings. The third kappa shape index (κ3) is 2.71. The molecule has 4 nitrogen and oxygen atoms in total. The summed E-state index contributed by atoms with van der Waals surface area (Å²) in [6.07, 6.45) is 1.66. The maximum atomic E-state index is 13.4. The van der Waals surface area contributed by atoms with E-state index in [4.69, 9.17) is 5.11 Å². The summed E-state index contributed by atoms with van der Waals surface area (Å²) in [5, 5.41) is 19.4. The first-order valence-electron chi connectivity index (χ1n) is 6.06. The minimum atomic E-state index is -1.29. The molecule has 0 spiro atoms. The Morgan fingerprint density at radius 3 is 2.81 bits per heavy atom. The van der Waals surface area contributed by atoms with Crippen molar-refractivity contribution < 1.29 is 14.3 Å². The van der Waals surface area contributed by atoms with Crippen molar-refractivity contribution in [1.82, 2.24) is 10.2 Å². The van der Waals surface area contributed by atoms with Crippen LogP contribution in [0.15, 0.2) is 58.6 Å². The smallest absolute Gasteiger partial charge is 0.338 e. The number of halogens is 1. The summed E-state index contributed by atoms with van der Waals surface area (Å²) in [6, 6.07) is 11.6. The number of aromatic carboxylic acids is 1. The van der Waals surface area contributed by atoms with Crippen LogP contribution in [0, 0.1) is 5.82 Å². The summed E-state index contributed by atoms with van der Waals surface area (Å²) in [5.41, 5.74) is -0.354. The molecular weight excluding hydrogens is 291 g/mol. The molecule has 0 bridgehead atoms. The van der Waals surface area contributed by atoms with Crippen LogP contribution in [-0.4, -0.2) is 21.3 Å². The Bertz CT molecular complexity index is 834. The van der Waals surface area contributed by atoms with Crippen molar-refractivity contribution in [2.24, 2.45) is 0 Å². The predicted octanol–water partition coefficient (Wildman–Crippen LogP) is 3.62. The van der Waals surface area contributed by atoms with Crippen molar-refractivity contribution in [3.8, 4) is 0 Å². The monoisotopic (exact) mass is 300 g/mol. The van der Waals surface area contributed by atoms with Crippen molar-refractivity contribution in [2.75, 3.05) is 0 Å². The topological polar surface area (TPSA) is 63.1 Å². The molecule has 1 aromatic heterocycles. The number of carbonyl (C=O) groups is 1. The lowest BCUT2D eigenvalue weighted by Gasteiger charge is -2.05. The lowest BCUT2D eigenvalue weighted by molar-refractivity contribution is 0.0691. The molecule has 0 aliphatic carbocycles. The Morgan fingerprint density at radius 2 is 2.00 bits per heavy atom. The van der Waals surface area contributed by atoms with Gasteiger partial charge in [0.05, 0.1) is 11.8 Å². The zero-order chi connectivity index (χ0) is 14.8. The third-order valence-corrected chi connectivity index (χ3v) is 3.90.